The number of anilines is 1. The van der Waals surface area contributed by atoms with E-state index in [1.807, 2.05) is 42.5 Å². The Kier molecular flexibility index (Phi) is 5.97. The standard InChI is InChI=1S/C21H19ClN6O2S/c1-14-19(20(30)28(26(14)2)16-8-4-3-5-9-16)24-18(29)12-31-21-25-23-13-27(21)17-10-6-7-15(22)11-17/h3-11,13H,12H2,1-2H3,(H,24,29). The molecule has 0 bridgehead atoms. The van der Waals surface area contributed by atoms with Crippen molar-refractivity contribution in [3.8, 4) is 11.4 Å². The summed E-state index contributed by atoms with van der Waals surface area (Å²) >= 11 is 7.28. The van der Waals surface area contributed by atoms with Gasteiger partial charge in [0.25, 0.3) is 5.56 Å². The van der Waals surface area contributed by atoms with Crippen molar-refractivity contribution < 1.29 is 4.79 Å². The quantitative estimate of drug-likeness (QED) is 0.451. The van der Waals surface area contributed by atoms with Crippen molar-refractivity contribution in [2.75, 3.05) is 11.1 Å². The number of thioether (sulfide) groups is 1. The molecule has 2 aromatic heterocycles. The first kappa shape index (κ1) is 21.0. The molecule has 1 N–H and O–H groups in total. The SMILES string of the molecule is Cc1c(NC(=O)CSc2nncn2-c2cccc(Cl)c2)c(=O)n(-c2ccccc2)n1C. The highest BCUT2D eigenvalue weighted by atomic mass is 35.5. The lowest BCUT2D eigenvalue weighted by atomic mass is 10.3. The molecule has 4 rings (SSSR count). The average Bonchev–Trinajstić information content (AvgIpc) is 3.32. The number of para-hydroxylation sites is 1. The third kappa shape index (κ3) is 4.28. The van der Waals surface area contributed by atoms with Gasteiger partial charge in [0.1, 0.15) is 12.0 Å². The van der Waals surface area contributed by atoms with E-state index in [-0.39, 0.29) is 22.9 Å². The fourth-order valence-corrected chi connectivity index (χ4v) is 4.06. The Hall–Kier alpha value is -3.30. The molecule has 0 unspecified atom stereocenters. The maximum absolute atomic E-state index is 12.9. The Morgan fingerprint density at radius 3 is 2.61 bits per heavy atom. The summed E-state index contributed by atoms with van der Waals surface area (Å²) in [6.07, 6.45) is 1.56. The number of hydrogen-bond donors (Lipinski definition) is 1. The molecule has 0 radical (unpaired) electrons. The van der Waals surface area contributed by atoms with Gasteiger partial charge in [-0.15, -0.1) is 10.2 Å². The molecule has 0 atom stereocenters. The summed E-state index contributed by atoms with van der Waals surface area (Å²) in [5, 5.41) is 11.9. The van der Waals surface area contributed by atoms with E-state index in [0.29, 0.717) is 15.9 Å². The zero-order valence-electron chi connectivity index (χ0n) is 16.8. The molecule has 2 aromatic carbocycles. The van der Waals surface area contributed by atoms with Crippen LogP contribution in [0.25, 0.3) is 11.4 Å². The van der Waals surface area contributed by atoms with Crippen molar-refractivity contribution in [3.05, 3.63) is 82.0 Å². The van der Waals surface area contributed by atoms with E-state index in [1.165, 1.54) is 16.4 Å². The topological polar surface area (TPSA) is 86.7 Å². The van der Waals surface area contributed by atoms with Crippen LogP contribution in [0.1, 0.15) is 5.69 Å². The van der Waals surface area contributed by atoms with Gasteiger partial charge in [-0.25, -0.2) is 4.68 Å². The van der Waals surface area contributed by atoms with Crippen LogP contribution >= 0.6 is 23.4 Å². The van der Waals surface area contributed by atoms with Crippen LogP contribution < -0.4 is 10.9 Å². The van der Waals surface area contributed by atoms with Crippen molar-refractivity contribution in [3.63, 3.8) is 0 Å². The second-order valence-electron chi connectivity index (χ2n) is 6.74. The van der Waals surface area contributed by atoms with Crippen LogP contribution in [0.15, 0.2) is 70.9 Å². The third-order valence-electron chi connectivity index (χ3n) is 4.75. The van der Waals surface area contributed by atoms with E-state index in [2.05, 4.69) is 15.5 Å². The van der Waals surface area contributed by atoms with Gasteiger partial charge in [0.05, 0.1) is 22.8 Å². The number of halogens is 1. The number of carbonyl (C=O) groups excluding carboxylic acids is 1. The maximum atomic E-state index is 12.9. The van der Waals surface area contributed by atoms with Gasteiger partial charge in [0.2, 0.25) is 5.91 Å². The number of aromatic nitrogens is 5. The summed E-state index contributed by atoms with van der Waals surface area (Å²) in [5.74, 6) is -0.241. The Morgan fingerprint density at radius 1 is 1.13 bits per heavy atom. The molecule has 31 heavy (non-hydrogen) atoms. The van der Waals surface area contributed by atoms with Gasteiger partial charge >= 0.3 is 0 Å². The summed E-state index contributed by atoms with van der Waals surface area (Å²) < 4.78 is 4.99. The normalized spacial score (nSPS) is 10.9. The number of nitrogens with zero attached hydrogens (tertiary/aromatic N) is 5. The molecule has 4 aromatic rings. The summed E-state index contributed by atoms with van der Waals surface area (Å²) in [6.45, 7) is 1.79. The predicted molar refractivity (Wildman–Crippen MR) is 121 cm³/mol. The molecule has 0 fully saturated rings. The van der Waals surface area contributed by atoms with Crippen LogP contribution in [0.5, 0.6) is 0 Å². The van der Waals surface area contributed by atoms with E-state index < -0.39 is 0 Å². The fourth-order valence-electron chi connectivity index (χ4n) is 3.14. The highest BCUT2D eigenvalue weighted by molar-refractivity contribution is 7.99. The minimum Gasteiger partial charge on any atom is -0.319 e. The van der Waals surface area contributed by atoms with Crippen molar-refractivity contribution >= 4 is 35.0 Å². The summed E-state index contributed by atoms with van der Waals surface area (Å²) in [5.41, 5.74) is 2.15. The van der Waals surface area contributed by atoms with Crippen molar-refractivity contribution in [2.24, 2.45) is 7.05 Å². The molecule has 8 nitrogen and oxygen atoms in total. The van der Waals surface area contributed by atoms with Crippen LogP contribution in [-0.2, 0) is 11.8 Å². The lowest BCUT2D eigenvalue weighted by Gasteiger charge is -2.07. The Morgan fingerprint density at radius 2 is 1.87 bits per heavy atom. The van der Waals surface area contributed by atoms with E-state index >= 15 is 0 Å². The van der Waals surface area contributed by atoms with Crippen molar-refractivity contribution in [2.45, 2.75) is 12.1 Å². The van der Waals surface area contributed by atoms with Gasteiger partial charge in [-0.05, 0) is 37.3 Å². The Bertz CT molecular complexity index is 1290. The van der Waals surface area contributed by atoms with Crippen LogP contribution in [0, 0.1) is 6.92 Å². The second-order valence-corrected chi connectivity index (χ2v) is 8.12. The van der Waals surface area contributed by atoms with Crippen LogP contribution in [0.3, 0.4) is 0 Å². The maximum Gasteiger partial charge on any atom is 0.295 e. The number of carbonyl (C=O) groups is 1. The zero-order valence-corrected chi connectivity index (χ0v) is 18.4. The Labute approximate surface area is 187 Å². The second kappa shape index (κ2) is 8.83. The van der Waals surface area contributed by atoms with Gasteiger partial charge < -0.3 is 5.32 Å². The number of nitrogens with one attached hydrogen (secondary N) is 1. The Balaban J connectivity index is 1.50. The minimum absolute atomic E-state index is 0.0678. The van der Waals surface area contributed by atoms with Gasteiger partial charge in [-0.3, -0.25) is 18.8 Å². The number of rotatable bonds is 6. The molecule has 0 aliphatic rings. The molecule has 10 heteroatoms. The third-order valence-corrected chi connectivity index (χ3v) is 5.93. The average molecular weight is 455 g/mol. The highest BCUT2D eigenvalue weighted by Crippen LogP contribution is 2.22. The molecular formula is C21H19ClN6O2S. The van der Waals surface area contributed by atoms with Gasteiger partial charge in [0.15, 0.2) is 5.16 Å². The first-order chi connectivity index (χ1) is 15.0. The van der Waals surface area contributed by atoms with Gasteiger partial charge in [0, 0.05) is 12.1 Å². The number of amides is 1. The molecule has 0 aliphatic carbocycles. The number of hydrogen-bond acceptors (Lipinski definition) is 5. The molecule has 0 aliphatic heterocycles. The fraction of sp³-hybridized carbons (Fsp3) is 0.143. The molecule has 158 valence electrons. The molecule has 1 amide bonds. The lowest BCUT2D eigenvalue weighted by molar-refractivity contribution is -0.113. The van der Waals surface area contributed by atoms with Gasteiger partial charge in [-0.1, -0.05) is 47.6 Å². The van der Waals surface area contributed by atoms with Crippen molar-refractivity contribution in [1.29, 1.82) is 0 Å². The molecule has 0 spiro atoms. The van der Waals surface area contributed by atoms with E-state index in [0.717, 1.165) is 11.4 Å². The molecular weight excluding hydrogens is 436 g/mol. The molecule has 0 saturated carbocycles. The first-order valence-electron chi connectivity index (χ1n) is 9.38. The van der Waals surface area contributed by atoms with E-state index in [4.69, 9.17) is 11.6 Å². The van der Waals surface area contributed by atoms with Crippen LogP contribution in [-0.4, -0.2) is 35.8 Å². The monoisotopic (exact) mass is 454 g/mol. The van der Waals surface area contributed by atoms with Crippen LogP contribution in [0.4, 0.5) is 5.69 Å². The van der Waals surface area contributed by atoms with E-state index in [1.54, 1.807) is 41.7 Å². The smallest absolute Gasteiger partial charge is 0.295 e. The van der Waals surface area contributed by atoms with Gasteiger partial charge in [-0.2, -0.15) is 0 Å². The lowest BCUT2D eigenvalue weighted by Crippen LogP contribution is -2.23. The minimum atomic E-state index is -0.309. The molecule has 2 heterocycles. The molecule has 0 saturated heterocycles. The largest absolute Gasteiger partial charge is 0.319 e. The zero-order chi connectivity index (χ0) is 22.0. The predicted octanol–water partition coefficient (Wildman–Crippen LogP) is 3.45. The summed E-state index contributed by atoms with van der Waals surface area (Å²) in [4.78, 5) is 25.5. The highest BCUT2D eigenvalue weighted by Gasteiger charge is 2.19. The summed E-state index contributed by atoms with van der Waals surface area (Å²) in [6, 6.07) is 16.5. The number of benzene rings is 2. The summed E-state index contributed by atoms with van der Waals surface area (Å²) in [7, 11) is 1.78. The van der Waals surface area contributed by atoms with Crippen LogP contribution in [0.2, 0.25) is 5.02 Å². The van der Waals surface area contributed by atoms with Crippen molar-refractivity contribution in [1.82, 2.24) is 24.1 Å². The first-order valence-corrected chi connectivity index (χ1v) is 10.7. The van der Waals surface area contributed by atoms with E-state index in [9.17, 15) is 9.59 Å².